The molecular formula is C7H12N+. The Hall–Kier alpha value is -0.770. The van der Waals surface area contributed by atoms with Gasteiger partial charge in [0.05, 0.1) is 6.08 Å². The van der Waals surface area contributed by atoms with Crippen molar-refractivity contribution in [2.24, 2.45) is 0 Å². The van der Waals surface area contributed by atoms with E-state index in [0.29, 0.717) is 0 Å². The summed E-state index contributed by atoms with van der Waals surface area (Å²) in [7, 11) is 0. The van der Waals surface area contributed by atoms with Crippen molar-refractivity contribution in [3.63, 3.8) is 0 Å². The largest absolute Gasteiger partial charge is 0.302 e. The predicted molar refractivity (Wildman–Crippen MR) is 37.2 cm³/mol. The van der Waals surface area contributed by atoms with E-state index < -0.39 is 0 Å². The molecule has 44 valence electrons. The van der Waals surface area contributed by atoms with E-state index in [0.717, 1.165) is 13.0 Å². The molecule has 0 heterocycles. The smallest absolute Gasteiger partial charge is 0.0842 e. The number of unbranched alkanes of at least 4 members (excludes halogenated alkanes) is 1. The van der Waals surface area contributed by atoms with Crippen LogP contribution in [0.5, 0.6) is 0 Å². The molecule has 0 fully saturated rings. The summed E-state index contributed by atoms with van der Waals surface area (Å²) in [4.78, 5) is 3.91. The first-order valence-corrected chi connectivity index (χ1v) is 2.94. The lowest BCUT2D eigenvalue weighted by molar-refractivity contribution is 0.860. The minimum atomic E-state index is 0.891. The lowest BCUT2D eigenvalue weighted by atomic mass is 10.3. The van der Waals surface area contributed by atoms with Crippen molar-refractivity contribution >= 4 is 0 Å². The summed E-state index contributed by atoms with van der Waals surface area (Å²) in [5, 5.41) is 0. The Labute approximate surface area is 50.8 Å². The maximum absolute atomic E-state index is 3.91. The van der Waals surface area contributed by atoms with E-state index in [2.05, 4.69) is 24.4 Å². The van der Waals surface area contributed by atoms with Gasteiger partial charge in [-0.05, 0) is 6.42 Å². The summed E-state index contributed by atoms with van der Waals surface area (Å²) < 4.78 is 0. The summed E-state index contributed by atoms with van der Waals surface area (Å²) in [5.74, 6) is 0. The van der Waals surface area contributed by atoms with Crippen LogP contribution in [0, 0.1) is 6.07 Å². The second kappa shape index (κ2) is 6.23. The highest BCUT2D eigenvalue weighted by Gasteiger charge is 1.84. The van der Waals surface area contributed by atoms with E-state index in [4.69, 9.17) is 0 Å². The molecule has 0 rings (SSSR count). The van der Waals surface area contributed by atoms with Crippen LogP contribution in [-0.2, 0) is 0 Å². The van der Waals surface area contributed by atoms with E-state index in [1.807, 2.05) is 0 Å². The lowest BCUT2D eigenvalue weighted by Crippen LogP contribution is -1.71. The minimum Gasteiger partial charge on any atom is -0.0842 e. The van der Waals surface area contributed by atoms with Gasteiger partial charge in [0.15, 0.2) is 0 Å². The quantitative estimate of drug-likeness (QED) is 0.379. The van der Waals surface area contributed by atoms with E-state index >= 15 is 0 Å². The zero-order chi connectivity index (χ0) is 6.24. The van der Waals surface area contributed by atoms with Crippen molar-refractivity contribution in [3.05, 3.63) is 17.5 Å². The first-order chi connectivity index (χ1) is 3.91. The Balaban J connectivity index is 3.02. The Morgan fingerprint density at radius 3 is 3.00 bits per heavy atom. The Morgan fingerprint density at radius 2 is 2.50 bits per heavy atom. The van der Waals surface area contributed by atoms with Gasteiger partial charge in [-0.3, -0.25) is 0 Å². The third kappa shape index (κ3) is 5.23. The molecule has 0 aromatic heterocycles. The highest BCUT2D eigenvalue weighted by molar-refractivity contribution is 5.03. The number of hydrogen-bond acceptors (Lipinski definition) is 0. The SMILES string of the molecule is C=CC#[N+]CCCC. The predicted octanol–water partition coefficient (Wildman–Crippen LogP) is 2.31. The van der Waals surface area contributed by atoms with E-state index in [1.54, 1.807) is 6.08 Å². The molecule has 0 aliphatic heterocycles. The van der Waals surface area contributed by atoms with Gasteiger partial charge in [-0.1, -0.05) is 18.3 Å². The van der Waals surface area contributed by atoms with Crippen molar-refractivity contribution in [2.75, 3.05) is 6.54 Å². The maximum atomic E-state index is 3.91. The Bertz CT molecular complexity index is 105. The molecule has 0 aliphatic rings. The number of rotatable bonds is 2. The van der Waals surface area contributed by atoms with Gasteiger partial charge in [-0.2, -0.15) is 0 Å². The molecule has 0 aromatic carbocycles. The topological polar surface area (TPSA) is 4.36 Å². The fourth-order valence-corrected chi connectivity index (χ4v) is 0.366. The standard InChI is InChI=1S/C7H12N/c1-3-5-7-8-6-4-2/h4H,2-3,5,7H2,1H3/q+1. The third-order valence-corrected chi connectivity index (χ3v) is 0.806. The first-order valence-electron chi connectivity index (χ1n) is 2.94. The maximum Gasteiger partial charge on any atom is 0.302 e. The van der Waals surface area contributed by atoms with Gasteiger partial charge in [0, 0.05) is 6.42 Å². The number of hydrogen-bond donors (Lipinski definition) is 0. The van der Waals surface area contributed by atoms with Gasteiger partial charge < -0.3 is 0 Å². The third-order valence-electron chi connectivity index (χ3n) is 0.806. The van der Waals surface area contributed by atoms with Gasteiger partial charge in [-0.25, -0.2) is 0 Å². The van der Waals surface area contributed by atoms with Crippen LogP contribution in [0.4, 0.5) is 0 Å². The molecule has 0 atom stereocenters. The summed E-state index contributed by atoms with van der Waals surface area (Å²) in [6.45, 7) is 6.49. The number of nitrogens with zero attached hydrogens (tertiary/aromatic N) is 1. The molecule has 0 N–H and O–H groups in total. The van der Waals surface area contributed by atoms with Crippen LogP contribution >= 0.6 is 0 Å². The van der Waals surface area contributed by atoms with Crippen LogP contribution in [0.2, 0.25) is 0 Å². The van der Waals surface area contributed by atoms with Gasteiger partial charge in [0.2, 0.25) is 0 Å². The highest BCUT2D eigenvalue weighted by Crippen LogP contribution is 1.85. The van der Waals surface area contributed by atoms with Gasteiger partial charge >= 0.3 is 6.07 Å². The van der Waals surface area contributed by atoms with Crippen molar-refractivity contribution in [2.45, 2.75) is 19.8 Å². The molecule has 0 aromatic rings. The Morgan fingerprint density at radius 1 is 1.75 bits per heavy atom. The first kappa shape index (κ1) is 7.23. The molecular weight excluding hydrogens is 98.1 g/mol. The van der Waals surface area contributed by atoms with Crippen molar-refractivity contribution in [3.8, 4) is 6.07 Å². The summed E-state index contributed by atoms with van der Waals surface area (Å²) in [6.07, 6.45) is 3.93. The van der Waals surface area contributed by atoms with Crippen molar-refractivity contribution < 1.29 is 0 Å². The second-order valence-corrected chi connectivity index (χ2v) is 1.57. The molecule has 0 unspecified atom stereocenters. The normalized spacial score (nSPS) is 7.12. The monoisotopic (exact) mass is 110 g/mol. The molecule has 0 spiro atoms. The second-order valence-electron chi connectivity index (χ2n) is 1.57. The van der Waals surface area contributed by atoms with Crippen LogP contribution < -0.4 is 0 Å². The summed E-state index contributed by atoms with van der Waals surface area (Å²) in [5.41, 5.74) is 0. The van der Waals surface area contributed by atoms with Crippen LogP contribution in [0.3, 0.4) is 0 Å². The molecule has 0 amide bonds. The highest BCUT2D eigenvalue weighted by atomic mass is 14.6. The van der Waals surface area contributed by atoms with E-state index in [1.165, 1.54) is 6.42 Å². The Kier molecular flexibility index (Phi) is 5.63. The zero-order valence-electron chi connectivity index (χ0n) is 5.35. The fourth-order valence-electron chi connectivity index (χ4n) is 0.366. The van der Waals surface area contributed by atoms with Crippen LogP contribution in [-0.4, -0.2) is 6.54 Å². The van der Waals surface area contributed by atoms with Gasteiger partial charge in [0.25, 0.3) is 6.54 Å². The fraction of sp³-hybridized carbons (Fsp3) is 0.571. The molecule has 0 bridgehead atoms. The van der Waals surface area contributed by atoms with E-state index in [9.17, 15) is 0 Å². The molecule has 0 saturated carbocycles. The van der Waals surface area contributed by atoms with Crippen molar-refractivity contribution in [1.82, 2.24) is 0 Å². The van der Waals surface area contributed by atoms with Crippen LogP contribution in [0.15, 0.2) is 12.7 Å². The lowest BCUT2D eigenvalue weighted by Gasteiger charge is -1.71. The summed E-state index contributed by atoms with van der Waals surface area (Å²) >= 11 is 0. The molecule has 1 nitrogen and oxygen atoms in total. The average molecular weight is 110 g/mol. The molecule has 0 aliphatic carbocycles. The molecule has 0 radical (unpaired) electrons. The zero-order valence-corrected chi connectivity index (χ0v) is 5.35. The summed E-state index contributed by atoms with van der Waals surface area (Å²) in [6, 6.07) is 2.67. The van der Waals surface area contributed by atoms with Crippen molar-refractivity contribution in [1.29, 1.82) is 0 Å². The molecule has 8 heavy (non-hydrogen) atoms. The number of allylic oxidation sites excluding steroid dienone is 1. The van der Waals surface area contributed by atoms with Crippen LogP contribution in [0.1, 0.15) is 19.8 Å². The van der Waals surface area contributed by atoms with Gasteiger partial charge in [-0.15, -0.1) is 0 Å². The molecule has 0 saturated heterocycles. The molecule has 1 heteroatoms. The average Bonchev–Trinajstić information content (AvgIpc) is 1.81. The van der Waals surface area contributed by atoms with Gasteiger partial charge in [0.1, 0.15) is 0 Å². The minimum absolute atomic E-state index is 0.891. The van der Waals surface area contributed by atoms with E-state index in [-0.39, 0.29) is 0 Å². The van der Waals surface area contributed by atoms with Crippen LogP contribution in [0.25, 0.3) is 4.85 Å².